The Bertz CT molecular complexity index is 631. The minimum atomic E-state index is -0.895. The Morgan fingerprint density at radius 3 is 2.60 bits per heavy atom. The summed E-state index contributed by atoms with van der Waals surface area (Å²) in [5, 5.41) is 9.16. The summed E-state index contributed by atoms with van der Waals surface area (Å²) in [5.74, 6) is 0.649. The van der Waals surface area contributed by atoms with Gasteiger partial charge in [-0.25, -0.2) is 9.78 Å². The van der Waals surface area contributed by atoms with Gasteiger partial charge >= 0.3 is 5.97 Å². The molecule has 1 aromatic heterocycles. The van der Waals surface area contributed by atoms with Gasteiger partial charge in [-0.2, -0.15) is 0 Å². The first-order valence-electron chi connectivity index (χ1n) is 7.23. The van der Waals surface area contributed by atoms with Gasteiger partial charge in [-0.05, 0) is 31.0 Å². The zero-order chi connectivity index (χ0) is 14.9. The van der Waals surface area contributed by atoms with E-state index in [1.54, 1.807) is 18.2 Å². The second kappa shape index (κ2) is 5.65. The predicted octanol–water partition coefficient (Wildman–Crippen LogP) is 3.90. The van der Waals surface area contributed by atoms with Gasteiger partial charge in [0.2, 0.25) is 0 Å². The number of carbonyl (C=O) groups is 1. The summed E-state index contributed by atoms with van der Waals surface area (Å²) in [6, 6.07) is 5.47. The maximum atomic E-state index is 11.2. The zero-order valence-corrected chi connectivity index (χ0v) is 12.6. The third-order valence-corrected chi connectivity index (χ3v) is 4.20. The van der Waals surface area contributed by atoms with E-state index in [2.05, 4.69) is 37.2 Å². The normalized spacial score (nSPS) is 14.4. The quantitative estimate of drug-likeness (QED) is 0.899. The Hall–Kier alpha value is -1.84. The number of fused-ring (bicyclic) bond motifs is 1. The van der Waals surface area contributed by atoms with Gasteiger partial charge in [-0.3, -0.25) is 0 Å². The smallest absolute Gasteiger partial charge is 0.335 e. The number of hydrogen-bond donors (Lipinski definition) is 1. The van der Waals surface area contributed by atoms with Crippen LogP contribution in [0.3, 0.4) is 0 Å². The Morgan fingerprint density at radius 2 is 2.05 bits per heavy atom. The molecular weight excluding hydrogens is 252 g/mol. The van der Waals surface area contributed by atoms with E-state index in [0.29, 0.717) is 17.5 Å². The second-order valence-electron chi connectivity index (χ2n) is 5.39. The molecule has 0 amide bonds. The molecule has 0 radical (unpaired) electrons. The van der Waals surface area contributed by atoms with Crippen molar-refractivity contribution in [2.24, 2.45) is 5.92 Å². The SMILES string of the molecule is CCc1nc2ccc(C(=O)O)cc2n1C(C)C(C)CC. The monoisotopic (exact) mass is 274 g/mol. The lowest BCUT2D eigenvalue weighted by Gasteiger charge is -2.23. The van der Waals surface area contributed by atoms with Crippen molar-refractivity contribution < 1.29 is 9.90 Å². The molecule has 2 aromatic rings. The molecule has 0 saturated heterocycles. The number of benzene rings is 1. The number of carboxylic acid groups (broad SMARTS) is 1. The van der Waals surface area contributed by atoms with E-state index < -0.39 is 5.97 Å². The lowest BCUT2D eigenvalue weighted by Crippen LogP contribution is -2.16. The number of carboxylic acids is 1. The summed E-state index contributed by atoms with van der Waals surface area (Å²) in [6.45, 7) is 8.66. The summed E-state index contributed by atoms with van der Waals surface area (Å²) < 4.78 is 2.20. The van der Waals surface area contributed by atoms with Crippen molar-refractivity contribution in [3.05, 3.63) is 29.6 Å². The highest BCUT2D eigenvalue weighted by molar-refractivity contribution is 5.92. The largest absolute Gasteiger partial charge is 0.478 e. The molecule has 1 aromatic carbocycles. The molecule has 0 saturated carbocycles. The van der Waals surface area contributed by atoms with Crippen molar-refractivity contribution >= 4 is 17.0 Å². The van der Waals surface area contributed by atoms with Crippen molar-refractivity contribution in [3.63, 3.8) is 0 Å². The van der Waals surface area contributed by atoms with E-state index in [9.17, 15) is 4.79 Å². The topological polar surface area (TPSA) is 55.1 Å². The molecule has 20 heavy (non-hydrogen) atoms. The maximum Gasteiger partial charge on any atom is 0.335 e. The molecule has 4 nitrogen and oxygen atoms in total. The first kappa shape index (κ1) is 14.6. The Kier molecular flexibility index (Phi) is 4.12. The molecule has 0 aliphatic rings. The van der Waals surface area contributed by atoms with Crippen molar-refractivity contribution in [2.45, 2.75) is 46.6 Å². The third-order valence-electron chi connectivity index (χ3n) is 4.20. The molecule has 0 aliphatic carbocycles. The van der Waals surface area contributed by atoms with Crippen molar-refractivity contribution in [3.8, 4) is 0 Å². The van der Waals surface area contributed by atoms with Crippen molar-refractivity contribution in [1.82, 2.24) is 9.55 Å². The van der Waals surface area contributed by atoms with E-state index in [1.807, 2.05) is 0 Å². The van der Waals surface area contributed by atoms with E-state index in [4.69, 9.17) is 5.11 Å². The fourth-order valence-corrected chi connectivity index (χ4v) is 2.58. The predicted molar refractivity (Wildman–Crippen MR) is 80.2 cm³/mol. The lowest BCUT2D eigenvalue weighted by molar-refractivity contribution is 0.0697. The van der Waals surface area contributed by atoms with Crippen molar-refractivity contribution in [1.29, 1.82) is 0 Å². The van der Waals surface area contributed by atoms with E-state index in [0.717, 1.165) is 29.7 Å². The van der Waals surface area contributed by atoms with Crippen LogP contribution >= 0.6 is 0 Å². The van der Waals surface area contributed by atoms with Gasteiger partial charge in [-0.15, -0.1) is 0 Å². The van der Waals surface area contributed by atoms with Gasteiger partial charge < -0.3 is 9.67 Å². The van der Waals surface area contributed by atoms with E-state index in [-0.39, 0.29) is 0 Å². The molecule has 2 atom stereocenters. The van der Waals surface area contributed by atoms with Crippen LogP contribution in [0.15, 0.2) is 18.2 Å². The van der Waals surface area contributed by atoms with Crippen LogP contribution in [0.5, 0.6) is 0 Å². The van der Waals surface area contributed by atoms with Crippen LogP contribution in [0, 0.1) is 5.92 Å². The lowest BCUT2D eigenvalue weighted by atomic mass is 10.00. The molecule has 1 heterocycles. The minimum absolute atomic E-state index is 0.309. The second-order valence-corrected chi connectivity index (χ2v) is 5.39. The standard InChI is InChI=1S/C16H22N2O2/c1-5-10(3)11(4)18-14-9-12(16(19)20)7-8-13(14)17-15(18)6-2/h7-11H,5-6H2,1-4H3,(H,19,20). The first-order chi connectivity index (χ1) is 9.49. The van der Waals surface area contributed by atoms with Gasteiger partial charge in [0, 0.05) is 12.5 Å². The first-order valence-corrected chi connectivity index (χ1v) is 7.23. The Morgan fingerprint density at radius 1 is 1.35 bits per heavy atom. The summed E-state index contributed by atoms with van der Waals surface area (Å²) in [7, 11) is 0. The molecule has 0 spiro atoms. The molecule has 4 heteroatoms. The zero-order valence-electron chi connectivity index (χ0n) is 12.6. The Labute approximate surface area is 119 Å². The molecule has 2 unspecified atom stereocenters. The minimum Gasteiger partial charge on any atom is -0.478 e. The highest BCUT2D eigenvalue weighted by atomic mass is 16.4. The number of aromatic carboxylic acids is 1. The number of imidazole rings is 1. The molecule has 2 rings (SSSR count). The number of hydrogen-bond acceptors (Lipinski definition) is 2. The van der Waals surface area contributed by atoms with Gasteiger partial charge in [0.05, 0.1) is 16.6 Å². The number of rotatable bonds is 5. The molecule has 108 valence electrons. The molecule has 0 fully saturated rings. The summed E-state index contributed by atoms with van der Waals surface area (Å²) in [6.07, 6.45) is 1.93. The van der Waals surface area contributed by atoms with Crippen LogP contribution in [0.1, 0.15) is 56.3 Å². The van der Waals surface area contributed by atoms with Gasteiger partial charge in [0.25, 0.3) is 0 Å². The molecule has 1 N–H and O–H groups in total. The van der Waals surface area contributed by atoms with Crippen LogP contribution in [0.25, 0.3) is 11.0 Å². The highest BCUT2D eigenvalue weighted by Crippen LogP contribution is 2.28. The van der Waals surface area contributed by atoms with E-state index >= 15 is 0 Å². The van der Waals surface area contributed by atoms with Gasteiger partial charge in [0.1, 0.15) is 5.82 Å². The summed E-state index contributed by atoms with van der Waals surface area (Å²) in [5.41, 5.74) is 2.12. The summed E-state index contributed by atoms with van der Waals surface area (Å²) in [4.78, 5) is 15.8. The fraction of sp³-hybridized carbons (Fsp3) is 0.500. The average molecular weight is 274 g/mol. The van der Waals surface area contributed by atoms with Crippen LogP contribution in [0.2, 0.25) is 0 Å². The molecule has 0 aliphatic heterocycles. The number of aromatic nitrogens is 2. The number of nitrogens with zero attached hydrogens (tertiary/aromatic N) is 2. The molecular formula is C16H22N2O2. The van der Waals surface area contributed by atoms with Crippen molar-refractivity contribution in [2.75, 3.05) is 0 Å². The average Bonchev–Trinajstić information content (AvgIpc) is 2.82. The van der Waals surface area contributed by atoms with Crippen LogP contribution in [-0.4, -0.2) is 20.6 Å². The highest BCUT2D eigenvalue weighted by Gasteiger charge is 2.19. The fourth-order valence-electron chi connectivity index (χ4n) is 2.58. The van der Waals surface area contributed by atoms with Gasteiger partial charge in [0.15, 0.2) is 0 Å². The van der Waals surface area contributed by atoms with Crippen LogP contribution < -0.4 is 0 Å². The van der Waals surface area contributed by atoms with Crippen LogP contribution in [0.4, 0.5) is 0 Å². The maximum absolute atomic E-state index is 11.2. The van der Waals surface area contributed by atoms with Gasteiger partial charge in [-0.1, -0.05) is 27.2 Å². The van der Waals surface area contributed by atoms with E-state index in [1.165, 1.54) is 0 Å². The third kappa shape index (κ3) is 2.42. The summed E-state index contributed by atoms with van der Waals surface area (Å²) >= 11 is 0. The molecule has 0 bridgehead atoms. The number of aryl methyl sites for hydroxylation is 1. The van der Waals surface area contributed by atoms with Crippen LogP contribution in [-0.2, 0) is 6.42 Å². The Balaban J connectivity index is 2.65.